The molecule has 13 nitrogen and oxygen atoms in total. The monoisotopic (exact) mass is 948 g/mol. The summed E-state index contributed by atoms with van der Waals surface area (Å²) < 4.78 is 64.0. The molecule has 6 aromatic rings. The Bertz CT molecular complexity index is 2780. The number of nitrogens with zero attached hydrogens (tertiary/aromatic N) is 2. The number of nitrogens with one attached hydrogen (secondary N) is 2. The minimum Gasteiger partial charge on any atom is -0.494 e. The van der Waals surface area contributed by atoms with Crippen molar-refractivity contribution in [2.45, 2.75) is 104 Å². The second-order valence-corrected chi connectivity index (χ2v) is 18.8. The fourth-order valence-electron chi connectivity index (χ4n) is 9.32. The molecule has 366 valence electrons. The second-order valence-electron chi connectivity index (χ2n) is 18.8. The minimum absolute atomic E-state index is 0.0793. The third-order valence-electron chi connectivity index (χ3n) is 13.1. The summed E-state index contributed by atoms with van der Waals surface area (Å²) in [6.07, 6.45) is 8.22. The highest BCUT2D eigenvalue weighted by molar-refractivity contribution is 6.04. The SMILES string of the molecule is COc1cc(F)nc(OC)c1NC(=O)c1ccc(Cc2cc3c(cc2C)CCCC3(C)C)o1.COc1cc(OCCF)nc(OC)c1NC(=O)c1ccc(Cc2cc3c(cc2C)CCCC3(C)C)o1. The van der Waals surface area contributed by atoms with Crippen LogP contribution in [0.3, 0.4) is 0 Å². The van der Waals surface area contributed by atoms with Crippen LogP contribution in [-0.2, 0) is 36.5 Å². The van der Waals surface area contributed by atoms with Gasteiger partial charge < -0.3 is 43.2 Å². The number of carbonyl (C=O) groups is 2. The number of halogens is 2. The number of ether oxygens (including phenoxy) is 5. The lowest BCUT2D eigenvalue weighted by Gasteiger charge is -2.33. The normalized spacial score (nSPS) is 14.3. The van der Waals surface area contributed by atoms with Gasteiger partial charge in [-0.25, -0.2) is 4.39 Å². The van der Waals surface area contributed by atoms with Crippen molar-refractivity contribution in [2.75, 3.05) is 52.4 Å². The molecule has 2 N–H and O–H groups in total. The first-order valence-corrected chi connectivity index (χ1v) is 23.1. The molecule has 0 atom stereocenters. The molecule has 0 fully saturated rings. The second kappa shape index (κ2) is 21.2. The van der Waals surface area contributed by atoms with E-state index < -0.39 is 24.4 Å². The van der Waals surface area contributed by atoms with Gasteiger partial charge in [-0.05, 0) is 132 Å². The molecule has 0 unspecified atom stereocenters. The molecule has 8 rings (SSSR count). The van der Waals surface area contributed by atoms with Gasteiger partial charge in [-0.3, -0.25) is 9.59 Å². The van der Waals surface area contributed by atoms with Crippen molar-refractivity contribution in [2.24, 2.45) is 0 Å². The van der Waals surface area contributed by atoms with Crippen molar-refractivity contribution in [1.29, 1.82) is 0 Å². The van der Waals surface area contributed by atoms with Crippen LogP contribution < -0.4 is 34.3 Å². The first kappa shape index (κ1) is 50.0. The molecule has 15 heteroatoms. The van der Waals surface area contributed by atoms with E-state index in [-0.39, 0.29) is 69.5 Å². The van der Waals surface area contributed by atoms with Crippen LogP contribution in [0.25, 0.3) is 0 Å². The molecule has 0 bridgehead atoms. The van der Waals surface area contributed by atoms with Gasteiger partial charge >= 0.3 is 0 Å². The highest BCUT2D eigenvalue weighted by Gasteiger charge is 2.30. The maximum atomic E-state index is 13.6. The van der Waals surface area contributed by atoms with E-state index in [0.29, 0.717) is 24.4 Å². The average Bonchev–Trinajstić information content (AvgIpc) is 4.00. The smallest absolute Gasteiger partial charge is 0.291 e. The summed E-state index contributed by atoms with van der Waals surface area (Å²) in [6, 6.07) is 18.6. The van der Waals surface area contributed by atoms with Gasteiger partial charge in [0, 0.05) is 25.0 Å². The summed E-state index contributed by atoms with van der Waals surface area (Å²) >= 11 is 0. The van der Waals surface area contributed by atoms with Crippen LogP contribution in [0, 0.1) is 19.8 Å². The molecule has 0 spiro atoms. The zero-order chi connectivity index (χ0) is 49.6. The number of anilines is 2. The quantitative estimate of drug-likeness (QED) is 0.0945. The zero-order valence-electron chi connectivity index (χ0n) is 41.2. The van der Waals surface area contributed by atoms with E-state index >= 15 is 0 Å². The largest absolute Gasteiger partial charge is 0.494 e. The predicted octanol–water partition coefficient (Wildman–Crippen LogP) is 11.4. The fraction of sp³-hybridized carbons (Fsp3) is 0.407. The van der Waals surface area contributed by atoms with Gasteiger partial charge in [0.2, 0.25) is 23.6 Å². The molecule has 2 amide bonds. The molecular weight excluding hydrogens is 887 g/mol. The third-order valence-corrected chi connectivity index (χ3v) is 13.1. The Morgan fingerprint density at radius 3 is 1.57 bits per heavy atom. The maximum Gasteiger partial charge on any atom is 0.291 e. The number of aromatic nitrogens is 2. The number of hydrogen-bond donors (Lipinski definition) is 2. The van der Waals surface area contributed by atoms with Crippen LogP contribution in [0.1, 0.15) is 131 Å². The molecule has 0 saturated carbocycles. The number of alkyl halides is 1. The number of fused-ring (bicyclic) bond motifs is 2. The third kappa shape index (κ3) is 11.4. The van der Waals surface area contributed by atoms with Crippen LogP contribution in [-0.4, -0.2) is 63.5 Å². The lowest BCUT2D eigenvalue weighted by Crippen LogP contribution is -2.24. The van der Waals surface area contributed by atoms with Crippen LogP contribution in [0.4, 0.5) is 20.2 Å². The molecule has 4 heterocycles. The van der Waals surface area contributed by atoms with E-state index in [4.69, 9.17) is 32.5 Å². The first-order valence-electron chi connectivity index (χ1n) is 23.1. The van der Waals surface area contributed by atoms with Crippen molar-refractivity contribution in [1.82, 2.24) is 9.97 Å². The lowest BCUT2D eigenvalue weighted by molar-refractivity contribution is 0.0987. The molecule has 0 radical (unpaired) electrons. The molecule has 0 aliphatic heterocycles. The van der Waals surface area contributed by atoms with Gasteiger partial charge in [-0.2, -0.15) is 14.4 Å². The van der Waals surface area contributed by atoms with Crippen molar-refractivity contribution in [3.05, 3.63) is 134 Å². The van der Waals surface area contributed by atoms with Gasteiger partial charge in [0.25, 0.3) is 11.8 Å². The summed E-state index contributed by atoms with van der Waals surface area (Å²) in [6.45, 7) is 12.6. The summed E-state index contributed by atoms with van der Waals surface area (Å²) in [4.78, 5) is 33.6. The number of methoxy groups -OCH3 is 4. The Hall–Kier alpha value is -6.90. The first-order chi connectivity index (χ1) is 33.0. The topological polar surface area (TPSA) is 156 Å². The molecule has 0 saturated heterocycles. The molecular formula is C54H62F2N4O9. The fourth-order valence-corrected chi connectivity index (χ4v) is 9.32. The van der Waals surface area contributed by atoms with E-state index in [0.717, 1.165) is 18.9 Å². The summed E-state index contributed by atoms with van der Waals surface area (Å²) in [5.41, 5.74) is 11.2. The van der Waals surface area contributed by atoms with Gasteiger partial charge in [0.15, 0.2) is 23.0 Å². The number of pyridine rings is 2. The number of carbonyl (C=O) groups excluding carboxylic acids is 2. The Morgan fingerprint density at radius 1 is 0.652 bits per heavy atom. The molecule has 2 aliphatic carbocycles. The van der Waals surface area contributed by atoms with Gasteiger partial charge in [0.05, 0.1) is 28.4 Å². The average molecular weight is 949 g/mol. The maximum absolute atomic E-state index is 13.6. The number of aryl methyl sites for hydroxylation is 4. The van der Waals surface area contributed by atoms with Crippen molar-refractivity contribution in [3.63, 3.8) is 0 Å². The predicted molar refractivity (Wildman–Crippen MR) is 259 cm³/mol. The number of rotatable bonds is 15. The lowest BCUT2D eigenvalue weighted by atomic mass is 9.71. The Morgan fingerprint density at radius 2 is 1.12 bits per heavy atom. The number of hydrogen-bond acceptors (Lipinski definition) is 11. The molecule has 69 heavy (non-hydrogen) atoms. The van der Waals surface area contributed by atoms with E-state index in [1.807, 2.05) is 6.07 Å². The Balaban J connectivity index is 0.000000205. The minimum atomic E-state index is -0.773. The van der Waals surface area contributed by atoms with Crippen LogP contribution in [0.2, 0.25) is 0 Å². The summed E-state index contributed by atoms with van der Waals surface area (Å²) in [5, 5.41) is 5.40. The number of furan rings is 2. The van der Waals surface area contributed by atoms with Crippen molar-refractivity contribution < 1.29 is 50.9 Å². The number of benzene rings is 2. The van der Waals surface area contributed by atoms with Crippen molar-refractivity contribution >= 4 is 23.2 Å². The van der Waals surface area contributed by atoms with Gasteiger partial charge in [0.1, 0.15) is 36.2 Å². The molecule has 2 aromatic carbocycles. The summed E-state index contributed by atoms with van der Waals surface area (Å²) in [7, 11) is 5.56. The van der Waals surface area contributed by atoms with Gasteiger partial charge in [-0.1, -0.05) is 52.0 Å². The standard InChI is InChI=1S/C28H33FN2O5.C26H29FN2O4/c1-17-13-18-7-6-10-28(2,3)21(18)15-19(17)14-20-8-9-22(36-20)26(32)31-25-23(33-4)16-24(35-12-11-29)30-27(25)34-5;1-15-11-16-7-6-10-26(2,3)19(16)13-17(15)12-18-8-9-20(33-18)24(30)29-23-21(31-4)14-22(27)28-25(23)32-5/h8-9,13,15-16H,6-7,10-12,14H2,1-5H3,(H,31,32);8-9,11,13-14H,6-7,10,12H2,1-5H3,(H,29,30). The Labute approximate surface area is 402 Å². The molecule has 4 aromatic heterocycles. The summed E-state index contributed by atoms with van der Waals surface area (Å²) in [5.74, 6) is 0.419. The van der Waals surface area contributed by atoms with Crippen LogP contribution >= 0.6 is 0 Å². The van der Waals surface area contributed by atoms with Crippen LogP contribution in [0.5, 0.6) is 29.1 Å². The van der Waals surface area contributed by atoms with Gasteiger partial charge in [-0.15, -0.1) is 0 Å². The van der Waals surface area contributed by atoms with E-state index in [1.54, 1.807) is 18.2 Å². The highest BCUT2D eigenvalue weighted by Crippen LogP contribution is 2.41. The number of amides is 2. The van der Waals surface area contributed by atoms with Crippen LogP contribution in [0.15, 0.2) is 69.5 Å². The molecule has 2 aliphatic rings. The van der Waals surface area contributed by atoms with E-state index in [2.05, 4.69) is 86.4 Å². The van der Waals surface area contributed by atoms with E-state index in [9.17, 15) is 18.4 Å². The van der Waals surface area contributed by atoms with Crippen molar-refractivity contribution in [3.8, 4) is 29.1 Å². The zero-order valence-corrected chi connectivity index (χ0v) is 41.2. The van der Waals surface area contributed by atoms with E-state index in [1.165, 1.54) is 105 Å². The Kier molecular flexibility index (Phi) is 15.3. The highest BCUT2D eigenvalue weighted by atomic mass is 19.1.